The summed E-state index contributed by atoms with van der Waals surface area (Å²) in [6, 6.07) is 4.07. The van der Waals surface area contributed by atoms with Gasteiger partial charge in [0.25, 0.3) is 5.91 Å². The molecule has 0 aromatic heterocycles. The van der Waals surface area contributed by atoms with Crippen molar-refractivity contribution < 1.29 is 19.6 Å². The first kappa shape index (κ1) is 14.2. The van der Waals surface area contributed by atoms with Gasteiger partial charge in [0, 0.05) is 12.6 Å². The molecule has 0 saturated carbocycles. The average Bonchev–Trinajstić information content (AvgIpc) is 2.34. The van der Waals surface area contributed by atoms with Gasteiger partial charge in [0.05, 0.1) is 16.6 Å². The van der Waals surface area contributed by atoms with Crippen LogP contribution in [-0.2, 0) is 4.79 Å². The molecule has 1 rings (SSSR count). The van der Waals surface area contributed by atoms with Gasteiger partial charge in [-0.1, -0.05) is 17.7 Å². The molecule has 0 radical (unpaired) electrons. The number of nitrogens with one attached hydrogen (secondary N) is 1. The maximum Gasteiger partial charge on any atom is 0.312 e. The van der Waals surface area contributed by atoms with E-state index in [2.05, 4.69) is 5.32 Å². The van der Waals surface area contributed by atoms with Gasteiger partial charge >= 0.3 is 5.69 Å². The quantitative estimate of drug-likeness (QED) is 0.588. The number of ether oxygens (including phenoxy) is 1. The van der Waals surface area contributed by atoms with Crippen LogP contribution in [0.5, 0.6) is 5.75 Å². The summed E-state index contributed by atoms with van der Waals surface area (Å²) in [4.78, 5) is 21.3. The molecule has 0 saturated heterocycles. The number of benzene rings is 1. The topological polar surface area (TPSA) is 102 Å². The van der Waals surface area contributed by atoms with E-state index in [1.807, 2.05) is 0 Å². The van der Waals surface area contributed by atoms with Gasteiger partial charge in [-0.2, -0.15) is 0 Å². The summed E-state index contributed by atoms with van der Waals surface area (Å²) in [5, 5.41) is 21.6. The molecule has 7 nitrogen and oxygen atoms in total. The van der Waals surface area contributed by atoms with Crippen molar-refractivity contribution in [2.24, 2.45) is 0 Å². The number of nitrogens with zero attached hydrogens (tertiary/aromatic N) is 1. The van der Waals surface area contributed by atoms with Gasteiger partial charge in [-0.25, -0.2) is 0 Å². The summed E-state index contributed by atoms with van der Waals surface area (Å²) in [6.07, 6.45) is 0. The van der Waals surface area contributed by atoms with E-state index >= 15 is 0 Å². The minimum absolute atomic E-state index is 0.0548. The number of nitro groups is 1. The summed E-state index contributed by atoms with van der Waals surface area (Å²) in [5.41, 5.74) is -0.308. The van der Waals surface area contributed by atoms with Crippen molar-refractivity contribution in [3.8, 4) is 5.75 Å². The molecule has 0 aliphatic rings. The third-order valence-electron chi connectivity index (χ3n) is 1.92. The lowest BCUT2D eigenvalue weighted by Gasteiger charge is -2.08. The van der Waals surface area contributed by atoms with Gasteiger partial charge in [-0.3, -0.25) is 14.9 Å². The molecule has 0 heterocycles. The number of rotatable bonds is 6. The number of para-hydroxylation sites is 1. The summed E-state index contributed by atoms with van der Waals surface area (Å²) in [6.45, 7) is -0.518. The predicted molar refractivity (Wildman–Crippen MR) is 63.7 cm³/mol. The van der Waals surface area contributed by atoms with E-state index in [4.69, 9.17) is 21.4 Å². The second-order valence-electron chi connectivity index (χ2n) is 3.21. The van der Waals surface area contributed by atoms with Gasteiger partial charge in [0.1, 0.15) is 0 Å². The Morgan fingerprint density at radius 2 is 2.28 bits per heavy atom. The van der Waals surface area contributed by atoms with E-state index in [1.165, 1.54) is 18.2 Å². The SMILES string of the molecule is O=C(COc1c(Cl)cccc1[N+](=O)[O-])NCCO. The molecule has 0 fully saturated rings. The maximum absolute atomic E-state index is 11.2. The Morgan fingerprint density at radius 1 is 1.56 bits per heavy atom. The highest BCUT2D eigenvalue weighted by Gasteiger charge is 2.18. The molecule has 8 heteroatoms. The van der Waals surface area contributed by atoms with Gasteiger partial charge in [0.2, 0.25) is 5.75 Å². The fourth-order valence-electron chi connectivity index (χ4n) is 1.17. The van der Waals surface area contributed by atoms with Crippen molar-refractivity contribution in [3.63, 3.8) is 0 Å². The van der Waals surface area contributed by atoms with Crippen molar-refractivity contribution in [1.29, 1.82) is 0 Å². The van der Waals surface area contributed by atoms with Gasteiger partial charge in [-0.05, 0) is 6.07 Å². The van der Waals surface area contributed by atoms with Crippen LogP contribution in [0.25, 0.3) is 0 Å². The van der Waals surface area contributed by atoms with Crippen LogP contribution in [0.3, 0.4) is 0 Å². The highest BCUT2D eigenvalue weighted by atomic mass is 35.5. The lowest BCUT2D eigenvalue weighted by Crippen LogP contribution is -2.31. The summed E-state index contributed by atoms with van der Waals surface area (Å²) >= 11 is 5.76. The molecule has 0 bridgehead atoms. The number of nitro benzene ring substituents is 1. The Bertz CT molecular complexity index is 452. The van der Waals surface area contributed by atoms with Gasteiger partial charge < -0.3 is 15.2 Å². The number of halogens is 1. The summed E-state index contributed by atoms with van der Waals surface area (Å²) in [5.74, 6) is -0.651. The van der Waals surface area contributed by atoms with Crippen LogP contribution in [0.2, 0.25) is 5.02 Å². The molecule has 1 aromatic rings. The van der Waals surface area contributed by atoms with E-state index in [9.17, 15) is 14.9 Å². The standard InChI is InChI=1S/C10H11ClN2O5/c11-7-2-1-3-8(13(16)17)10(7)18-6-9(15)12-4-5-14/h1-3,14H,4-6H2,(H,12,15). The number of carbonyl (C=O) groups is 1. The zero-order chi connectivity index (χ0) is 13.5. The minimum Gasteiger partial charge on any atom is -0.476 e. The van der Waals surface area contributed by atoms with Crippen LogP contribution in [-0.4, -0.2) is 35.7 Å². The number of hydrogen-bond acceptors (Lipinski definition) is 5. The molecule has 18 heavy (non-hydrogen) atoms. The zero-order valence-electron chi connectivity index (χ0n) is 9.26. The van der Waals surface area contributed by atoms with Crippen LogP contribution < -0.4 is 10.1 Å². The number of aliphatic hydroxyl groups is 1. The highest BCUT2D eigenvalue weighted by molar-refractivity contribution is 6.32. The largest absolute Gasteiger partial charge is 0.476 e. The van der Waals surface area contributed by atoms with E-state index in [0.717, 1.165) is 0 Å². The highest BCUT2D eigenvalue weighted by Crippen LogP contribution is 2.34. The van der Waals surface area contributed by atoms with E-state index < -0.39 is 17.4 Å². The molecule has 0 unspecified atom stereocenters. The average molecular weight is 275 g/mol. The smallest absolute Gasteiger partial charge is 0.312 e. The minimum atomic E-state index is -0.646. The molecule has 0 aliphatic heterocycles. The third-order valence-corrected chi connectivity index (χ3v) is 2.22. The fourth-order valence-corrected chi connectivity index (χ4v) is 1.39. The first-order valence-corrected chi connectivity index (χ1v) is 5.37. The zero-order valence-corrected chi connectivity index (χ0v) is 10.0. The van der Waals surface area contributed by atoms with Gasteiger partial charge in [0.15, 0.2) is 6.61 Å². The first-order valence-electron chi connectivity index (χ1n) is 4.99. The molecule has 1 aromatic carbocycles. The van der Waals surface area contributed by atoms with Crippen LogP contribution in [0.4, 0.5) is 5.69 Å². The van der Waals surface area contributed by atoms with Crippen molar-refractivity contribution in [2.75, 3.05) is 19.8 Å². The molecule has 1 amide bonds. The lowest BCUT2D eigenvalue weighted by molar-refractivity contribution is -0.385. The molecule has 98 valence electrons. The Hall–Kier alpha value is -1.86. The van der Waals surface area contributed by atoms with Gasteiger partial charge in [-0.15, -0.1) is 0 Å². The lowest BCUT2D eigenvalue weighted by atomic mass is 10.3. The van der Waals surface area contributed by atoms with E-state index in [1.54, 1.807) is 0 Å². The molecule has 0 aliphatic carbocycles. The summed E-state index contributed by atoms with van der Waals surface area (Å²) < 4.78 is 5.02. The Morgan fingerprint density at radius 3 is 2.89 bits per heavy atom. The van der Waals surface area contributed by atoms with E-state index in [-0.39, 0.29) is 29.6 Å². The number of aliphatic hydroxyl groups excluding tert-OH is 1. The maximum atomic E-state index is 11.2. The van der Waals surface area contributed by atoms with Crippen molar-refractivity contribution in [2.45, 2.75) is 0 Å². The van der Waals surface area contributed by atoms with Crippen molar-refractivity contribution >= 4 is 23.2 Å². The van der Waals surface area contributed by atoms with Crippen molar-refractivity contribution in [3.05, 3.63) is 33.3 Å². The van der Waals surface area contributed by atoms with E-state index in [0.29, 0.717) is 0 Å². The Kier molecular flexibility index (Phi) is 5.34. The number of hydrogen-bond donors (Lipinski definition) is 2. The first-order chi connectivity index (χ1) is 8.56. The molecule has 2 N–H and O–H groups in total. The Balaban J connectivity index is 2.72. The third kappa shape index (κ3) is 3.86. The number of amides is 1. The fraction of sp³-hybridized carbons (Fsp3) is 0.300. The predicted octanol–water partition coefficient (Wildman–Crippen LogP) is 0.736. The number of carbonyl (C=O) groups excluding carboxylic acids is 1. The second-order valence-corrected chi connectivity index (χ2v) is 3.61. The molecular formula is C10H11ClN2O5. The molecular weight excluding hydrogens is 264 g/mol. The summed E-state index contributed by atoms with van der Waals surface area (Å²) in [7, 11) is 0. The van der Waals surface area contributed by atoms with Crippen LogP contribution in [0.15, 0.2) is 18.2 Å². The molecule has 0 spiro atoms. The van der Waals surface area contributed by atoms with Crippen LogP contribution >= 0.6 is 11.6 Å². The van der Waals surface area contributed by atoms with Crippen molar-refractivity contribution in [1.82, 2.24) is 5.32 Å². The van der Waals surface area contributed by atoms with Crippen LogP contribution in [0, 0.1) is 10.1 Å². The second kappa shape index (κ2) is 6.77. The van der Waals surface area contributed by atoms with Crippen LogP contribution in [0.1, 0.15) is 0 Å². The monoisotopic (exact) mass is 274 g/mol. The molecule has 0 atom stereocenters. The normalized spacial score (nSPS) is 9.89. The Labute approximate surface area is 107 Å².